The number of nitrogens with one attached hydrogen (secondary N) is 1. The SMILES string of the molecule is Nc1ccc2oc(C(=O)NCc3ccc(Br)s3)cc2c1. The van der Waals surface area contributed by atoms with Crippen molar-refractivity contribution in [2.24, 2.45) is 0 Å². The van der Waals surface area contributed by atoms with Gasteiger partial charge in [-0.2, -0.15) is 0 Å². The molecule has 2 aromatic heterocycles. The van der Waals surface area contributed by atoms with Crippen molar-refractivity contribution in [2.75, 3.05) is 5.73 Å². The smallest absolute Gasteiger partial charge is 0.287 e. The van der Waals surface area contributed by atoms with Crippen LogP contribution < -0.4 is 11.1 Å². The number of carbonyl (C=O) groups excluding carboxylic acids is 1. The van der Waals surface area contributed by atoms with Gasteiger partial charge in [-0.15, -0.1) is 11.3 Å². The minimum absolute atomic E-state index is 0.232. The minimum atomic E-state index is -0.232. The van der Waals surface area contributed by atoms with Crippen molar-refractivity contribution in [2.45, 2.75) is 6.54 Å². The van der Waals surface area contributed by atoms with Gasteiger partial charge in [-0.25, -0.2) is 0 Å². The average Bonchev–Trinajstić information content (AvgIpc) is 3.01. The number of anilines is 1. The van der Waals surface area contributed by atoms with E-state index in [2.05, 4.69) is 21.2 Å². The first-order chi connectivity index (χ1) is 9.61. The summed E-state index contributed by atoms with van der Waals surface area (Å²) in [6, 6.07) is 10.9. The zero-order valence-corrected chi connectivity index (χ0v) is 12.8. The van der Waals surface area contributed by atoms with Crippen molar-refractivity contribution >= 4 is 49.8 Å². The Kier molecular flexibility index (Phi) is 3.50. The summed E-state index contributed by atoms with van der Waals surface area (Å²) in [6.45, 7) is 0.480. The lowest BCUT2D eigenvalue weighted by atomic mass is 10.2. The Bertz CT molecular complexity index is 778. The Morgan fingerprint density at radius 1 is 1.30 bits per heavy atom. The van der Waals surface area contributed by atoms with Crippen molar-refractivity contribution in [3.05, 3.63) is 50.8 Å². The van der Waals surface area contributed by atoms with Crippen LogP contribution in [0.4, 0.5) is 5.69 Å². The molecule has 4 nitrogen and oxygen atoms in total. The molecule has 1 amide bonds. The largest absolute Gasteiger partial charge is 0.451 e. The first-order valence-electron chi connectivity index (χ1n) is 5.93. The molecule has 20 heavy (non-hydrogen) atoms. The Morgan fingerprint density at radius 2 is 2.15 bits per heavy atom. The molecule has 0 unspecified atom stereocenters. The van der Waals surface area contributed by atoms with Gasteiger partial charge < -0.3 is 15.5 Å². The van der Waals surface area contributed by atoms with Crippen LogP contribution >= 0.6 is 27.3 Å². The van der Waals surface area contributed by atoms with E-state index in [4.69, 9.17) is 10.2 Å². The maximum absolute atomic E-state index is 12.0. The minimum Gasteiger partial charge on any atom is -0.451 e. The maximum atomic E-state index is 12.0. The molecule has 0 aliphatic heterocycles. The van der Waals surface area contributed by atoms with Crippen LogP contribution in [0.3, 0.4) is 0 Å². The van der Waals surface area contributed by atoms with E-state index in [1.807, 2.05) is 12.1 Å². The highest BCUT2D eigenvalue weighted by Crippen LogP contribution is 2.23. The molecular formula is C14H11BrN2O2S. The molecule has 3 aromatic rings. The summed E-state index contributed by atoms with van der Waals surface area (Å²) in [4.78, 5) is 13.1. The summed E-state index contributed by atoms with van der Waals surface area (Å²) in [5, 5.41) is 3.66. The van der Waals surface area contributed by atoms with E-state index in [0.29, 0.717) is 23.6 Å². The highest BCUT2D eigenvalue weighted by molar-refractivity contribution is 9.11. The maximum Gasteiger partial charge on any atom is 0.287 e. The highest BCUT2D eigenvalue weighted by atomic mass is 79.9. The third-order valence-corrected chi connectivity index (χ3v) is 4.44. The number of hydrogen-bond donors (Lipinski definition) is 2. The second-order valence-corrected chi connectivity index (χ2v) is 6.84. The fourth-order valence-electron chi connectivity index (χ4n) is 1.87. The van der Waals surface area contributed by atoms with E-state index in [9.17, 15) is 4.79 Å². The van der Waals surface area contributed by atoms with Crippen LogP contribution in [0.5, 0.6) is 0 Å². The molecule has 0 spiro atoms. The van der Waals surface area contributed by atoms with Crippen molar-refractivity contribution < 1.29 is 9.21 Å². The van der Waals surface area contributed by atoms with Crippen LogP contribution in [-0.2, 0) is 6.54 Å². The lowest BCUT2D eigenvalue weighted by Gasteiger charge is -1.99. The Labute approximate surface area is 127 Å². The molecule has 102 valence electrons. The number of nitrogens with two attached hydrogens (primary N) is 1. The zero-order valence-electron chi connectivity index (χ0n) is 10.4. The molecule has 0 atom stereocenters. The second kappa shape index (κ2) is 5.30. The molecule has 0 fully saturated rings. The van der Waals surface area contributed by atoms with Crippen LogP contribution in [0.25, 0.3) is 11.0 Å². The molecule has 1 aromatic carbocycles. The van der Waals surface area contributed by atoms with Crippen LogP contribution in [-0.4, -0.2) is 5.91 Å². The van der Waals surface area contributed by atoms with Crippen molar-refractivity contribution in [3.63, 3.8) is 0 Å². The fourth-order valence-corrected chi connectivity index (χ4v) is 3.30. The van der Waals surface area contributed by atoms with Gasteiger partial charge in [0.25, 0.3) is 5.91 Å². The monoisotopic (exact) mass is 350 g/mol. The van der Waals surface area contributed by atoms with Gasteiger partial charge in [-0.1, -0.05) is 0 Å². The molecule has 0 saturated heterocycles. The number of furan rings is 1. The van der Waals surface area contributed by atoms with Crippen molar-refractivity contribution in [1.82, 2.24) is 5.32 Å². The van der Waals surface area contributed by atoms with Crippen LogP contribution in [0.15, 0.2) is 44.6 Å². The molecule has 0 saturated carbocycles. The van der Waals surface area contributed by atoms with Gasteiger partial charge in [0, 0.05) is 16.0 Å². The third-order valence-electron chi connectivity index (χ3n) is 2.82. The number of fused-ring (bicyclic) bond motifs is 1. The standard InChI is InChI=1S/C14H11BrN2O2S/c15-13-4-2-10(20-13)7-17-14(18)12-6-8-5-9(16)1-3-11(8)19-12/h1-6H,7,16H2,(H,17,18). The molecule has 3 N–H and O–H groups in total. The van der Waals surface area contributed by atoms with Gasteiger partial charge in [0.05, 0.1) is 10.3 Å². The van der Waals surface area contributed by atoms with Gasteiger partial charge in [-0.3, -0.25) is 4.79 Å². The topological polar surface area (TPSA) is 68.3 Å². The molecule has 0 bridgehead atoms. The quantitative estimate of drug-likeness (QED) is 0.706. The molecule has 0 aliphatic rings. The summed E-state index contributed by atoms with van der Waals surface area (Å²) >= 11 is 4.98. The number of nitrogen functional groups attached to an aromatic ring is 1. The number of thiophene rings is 1. The summed E-state index contributed by atoms with van der Waals surface area (Å²) in [5.41, 5.74) is 7.00. The molecule has 2 heterocycles. The number of rotatable bonds is 3. The molecular weight excluding hydrogens is 340 g/mol. The van der Waals surface area contributed by atoms with Crippen molar-refractivity contribution in [1.29, 1.82) is 0 Å². The van der Waals surface area contributed by atoms with Crippen molar-refractivity contribution in [3.8, 4) is 0 Å². The Hall–Kier alpha value is -1.79. The van der Waals surface area contributed by atoms with Crippen LogP contribution in [0, 0.1) is 0 Å². The summed E-state index contributed by atoms with van der Waals surface area (Å²) in [7, 11) is 0. The zero-order chi connectivity index (χ0) is 14.1. The average molecular weight is 351 g/mol. The number of hydrogen-bond acceptors (Lipinski definition) is 4. The van der Waals surface area contributed by atoms with Gasteiger partial charge in [0.15, 0.2) is 5.76 Å². The summed E-state index contributed by atoms with van der Waals surface area (Å²) < 4.78 is 6.55. The molecule has 0 radical (unpaired) electrons. The van der Waals surface area contributed by atoms with Gasteiger partial charge >= 0.3 is 0 Å². The Morgan fingerprint density at radius 3 is 2.90 bits per heavy atom. The Balaban J connectivity index is 1.75. The van der Waals surface area contributed by atoms with E-state index < -0.39 is 0 Å². The number of benzene rings is 1. The first kappa shape index (κ1) is 13.2. The van der Waals surface area contributed by atoms with Crippen LogP contribution in [0.1, 0.15) is 15.4 Å². The third kappa shape index (κ3) is 2.71. The normalized spacial score (nSPS) is 10.8. The predicted molar refractivity (Wildman–Crippen MR) is 83.8 cm³/mol. The molecule has 0 aliphatic carbocycles. The van der Waals surface area contributed by atoms with Gasteiger partial charge in [0.1, 0.15) is 5.58 Å². The van der Waals surface area contributed by atoms with E-state index >= 15 is 0 Å². The number of amides is 1. The van der Waals surface area contributed by atoms with Gasteiger partial charge in [-0.05, 0) is 52.3 Å². The van der Waals surface area contributed by atoms with Crippen LogP contribution in [0.2, 0.25) is 0 Å². The van der Waals surface area contributed by atoms with Gasteiger partial charge in [0.2, 0.25) is 0 Å². The summed E-state index contributed by atoms with van der Waals surface area (Å²) in [5.74, 6) is 0.0607. The first-order valence-corrected chi connectivity index (χ1v) is 7.54. The van der Waals surface area contributed by atoms with E-state index in [1.54, 1.807) is 35.6 Å². The molecule has 3 rings (SSSR count). The lowest BCUT2D eigenvalue weighted by molar-refractivity contribution is 0.0926. The number of carbonyl (C=O) groups is 1. The van der Waals surface area contributed by atoms with E-state index in [1.165, 1.54) is 0 Å². The lowest BCUT2D eigenvalue weighted by Crippen LogP contribution is -2.21. The fraction of sp³-hybridized carbons (Fsp3) is 0.0714. The highest BCUT2D eigenvalue weighted by Gasteiger charge is 2.12. The summed E-state index contributed by atoms with van der Waals surface area (Å²) in [6.07, 6.45) is 0. The van der Waals surface area contributed by atoms with E-state index in [-0.39, 0.29) is 5.91 Å². The second-order valence-electron chi connectivity index (χ2n) is 4.30. The predicted octanol–water partition coefficient (Wildman–Crippen LogP) is 3.77. The number of halogens is 1. The molecule has 6 heteroatoms. The van der Waals surface area contributed by atoms with E-state index in [0.717, 1.165) is 14.0 Å².